The number of halogens is 2. The Kier molecular flexibility index (Phi) is 8.34. The van der Waals surface area contributed by atoms with E-state index in [2.05, 4.69) is 55.4 Å². The van der Waals surface area contributed by atoms with Crippen LogP contribution in [0.3, 0.4) is 0 Å². The first-order valence-corrected chi connectivity index (χ1v) is 18.4. The highest BCUT2D eigenvalue weighted by Crippen LogP contribution is 2.58. The first kappa shape index (κ1) is 31.1. The number of phosphoric acid groups is 1. The molecular weight excluding hydrogens is 604 g/mol. The van der Waals surface area contributed by atoms with Gasteiger partial charge in [-0.1, -0.05) is 39.0 Å². The first-order chi connectivity index (χ1) is 19.6. The summed E-state index contributed by atoms with van der Waals surface area (Å²) in [6, 6.07) is 3.70. The second-order valence-corrected chi connectivity index (χ2v) is 19.1. The molecule has 3 heterocycles. The molecule has 3 aromatic rings. The number of imidazole rings is 1. The van der Waals surface area contributed by atoms with Crippen LogP contribution in [0.5, 0.6) is 0 Å². The number of hydrogen-bond acceptors (Lipinski definition) is 9. The average Bonchev–Trinajstić information content (AvgIpc) is 3.42. The first-order valence-electron chi connectivity index (χ1n) is 13.7. The van der Waals surface area contributed by atoms with Crippen molar-refractivity contribution in [2.45, 2.75) is 70.0 Å². The quantitative estimate of drug-likeness (QED) is 0.173. The van der Waals surface area contributed by atoms with Crippen molar-refractivity contribution in [2.75, 3.05) is 18.9 Å². The van der Waals surface area contributed by atoms with E-state index in [1.54, 1.807) is 17.0 Å². The van der Waals surface area contributed by atoms with Crippen LogP contribution in [0.15, 0.2) is 41.5 Å². The molecule has 0 spiro atoms. The molecule has 2 aliphatic rings. The number of nitrogens with two attached hydrogens (primary N) is 1. The number of nitrogen functional groups attached to an aromatic ring is 1. The molecule has 1 saturated carbocycles. The van der Waals surface area contributed by atoms with Crippen molar-refractivity contribution in [1.82, 2.24) is 19.5 Å². The van der Waals surface area contributed by atoms with Crippen LogP contribution in [-0.2, 0) is 22.6 Å². The summed E-state index contributed by atoms with van der Waals surface area (Å²) >= 11 is 6.03. The van der Waals surface area contributed by atoms with E-state index >= 15 is 0 Å². The number of hydrogen-bond donors (Lipinski definition) is 2. The minimum Gasteiger partial charge on any atom is -0.413 e. The Morgan fingerprint density at radius 1 is 1.33 bits per heavy atom. The van der Waals surface area contributed by atoms with Crippen molar-refractivity contribution in [3.05, 3.63) is 63.4 Å². The normalized spacial score (nSPS) is 27.2. The second kappa shape index (κ2) is 11.3. The number of nitrogens with one attached hydrogen (secondary N) is 1. The lowest BCUT2D eigenvalue weighted by Crippen LogP contribution is -2.45. The van der Waals surface area contributed by atoms with Gasteiger partial charge in [0.2, 0.25) is 5.95 Å². The van der Waals surface area contributed by atoms with Gasteiger partial charge in [-0.15, -0.1) is 0 Å². The number of rotatable bonds is 7. The number of nitrogens with zero attached hydrogens (tertiary/aromatic N) is 3. The monoisotopic (exact) mass is 639 g/mol. The van der Waals surface area contributed by atoms with Crippen molar-refractivity contribution in [3.63, 3.8) is 0 Å². The molecule has 1 aliphatic heterocycles. The van der Waals surface area contributed by atoms with Crippen LogP contribution in [0, 0.1) is 11.7 Å². The SMILES string of the molecule is C=C1C(n2cnc3c(=O)[nH]c(N)nc32)C[C@H](O[Si](C)(C)C(C)(C)C)[C@H]1CO[P@]1(=O)OCC[C@H](c2cc(F)cc(Cl)c2)O1. The van der Waals surface area contributed by atoms with Gasteiger partial charge in [-0.25, -0.2) is 13.9 Å². The van der Waals surface area contributed by atoms with E-state index in [1.165, 1.54) is 12.1 Å². The molecular formula is C27H36ClFN5O6PSi. The summed E-state index contributed by atoms with van der Waals surface area (Å²) < 4.78 is 53.4. The maximum Gasteiger partial charge on any atom is 0.475 e. The highest BCUT2D eigenvalue weighted by atomic mass is 35.5. The molecule has 1 aromatic carbocycles. The van der Waals surface area contributed by atoms with Crippen molar-refractivity contribution >= 4 is 44.9 Å². The summed E-state index contributed by atoms with van der Waals surface area (Å²) in [5.74, 6) is -0.943. The Hall–Kier alpha value is -2.38. The third-order valence-corrected chi connectivity index (χ3v) is 14.6. The van der Waals surface area contributed by atoms with Crippen molar-refractivity contribution in [3.8, 4) is 0 Å². The van der Waals surface area contributed by atoms with Crippen LogP contribution in [0.1, 0.15) is 51.3 Å². The predicted octanol–water partition coefficient (Wildman–Crippen LogP) is 6.30. The molecule has 5 rings (SSSR count). The Morgan fingerprint density at radius 2 is 2.07 bits per heavy atom. The van der Waals surface area contributed by atoms with E-state index in [-0.39, 0.29) is 46.9 Å². The fourth-order valence-corrected chi connectivity index (χ4v) is 8.13. The summed E-state index contributed by atoms with van der Waals surface area (Å²) in [5, 5.41) is 0.130. The maximum absolute atomic E-state index is 14.0. The zero-order chi connectivity index (χ0) is 30.6. The molecule has 1 saturated heterocycles. The van der Waals surface area contributed by atoms with Crippen LogP contribution >= 0.6 is 19.4 Å². The van der Waals surface area contributed by atoms with Crippen molar-refractivity contribution in [2.24, 2.45) is 5.92 Å². The fraction of sp³-hybridized carbons (Fsp3) is 0.519. The van der Waals surface area contributed by atoms with Gasteiger partial charge in [-0.05, 0) is 53.9 Å². The molecule has 0 bridgehead atoms. The third kappa shape index (κ3) is 6.14. The summed E-state index contributed by atoms with van der Waals surface area (Å²) in [7, 11) is -6.30. The summed E-state index contributed by atoms with van der Waals surface area (Å²) in [4.78, 5) is 23.5. The minimum absolute atomic E-state index is 0.0225. The number of fused-ring (bicyclic) bond motifs is 1. The molecule has 5 atom stereocenters. The molecule has 228 valence electrons. The van der Waals surface area contributed by atoms with E-state index < -0.39 is 39.5 Å². The van der Waals surface area contributed by atoms with Crippen LogP contribution < -0.4 is 11.3 Å². The highest BCUT2D eigenvalue weighted by molar-refractivity contribution is 7.48. The Bertz CT molecular complexity index is 1600. The molecule has 1 unspecified atom stereocenters. The van der Waals surface area contributed by atoms with Gasteiger partial charge in [-0.2, -0.15) is 4.98 Å². The Balaban J connectivity index is 1.41. The van der Waals surface area contributed by atoms with E-state index in [0.717, 1.165) is 5.57 Å². The van der Waals surface area contributed by atoms with E-state index in [4.69, 9.17) is 35.3 Å². The van der Waals surface area contributed by atoms with Gasteiger partial charge in [0.1, 0.15) is 5.82 Å². The minimum atomic E-state index is -4.03. The molecule has 0 radical (unpaired) electrons. The number of benzene rings is 1. The maximum atomic E-state index is 14.0. The zero-order valence-electron chi connectivity index (χ0n) is 24.2. The lowest BCUT2D eigenvalue weighted by Gasteiger charge is -2.40. The molecule has 11 nitrogen and oxygen atoms in total. The molecule has 3 N–H and O–H groups in total. The average molecular weight is 640 g/mol. The predicted molar refractivity (Wildman–Crippen MR) is 160 cm³/mol. The van der Waals surface area contributed by atoms with Crippen LogP contribution in [0.4, 0.5) is 10.3 Å². The lowest BCUT2D eigenvalue weighted by atomic mass is 10.0. The second-order valence-electron chi connectivity index (χ2n) is 12.3. The van der Waals surface area contributed by atoms with E-state index in [0.29, 0.717) is 24.1 Å². The smallest absolute Gasteiger partial charge is 0.413 e. The standard InChI is InChI=1S/C27H36ClFN5O6PSi/c1-15-19(13-38-41(36)37-8-7-21(39-41)16-9-17(28)11-18(29)10-16)22(40-42(5,6)27(2,3)4)12-20(15)34-14-31-23-24(34)32-26(30)33-25(23)35/h9-11,14,19-22H,1,7-8,12-13H2,2-6H3,(H3,30,32,33,35)/t19-,20?,21+,22-,41-/m0/s1. The van der Waals surface area contributed by atoms with E-state index in [1.807, 2.05) is 0 Å². The van der Waals surface area contributed by atoms with Crippen LogP contribution in [0.25, 0.3) is 11.2 Å². The number of H-pyrrole nitrogens is 1. The van der Waals surface area contributed by atoms with Gasteiger partial charge < -0.3 is 14.7 Å². The van der Waals surface area contributed by atoms with Crippen LogP contribution in [0.2, 0.25) is 23.2 Å². The summed E-state index contributed by atoms with van der Waals surface area (Å²) in [5.41, 5.74) is 7.07. The number of phosphoric ester groups is 1. The number of anilines is 1. The molecule has 1 aliphatic carbocycles. The molecule has 0 amide bonds. The molecule has 2 aromatic heterocycles. The largest absolute Gasteiger partial charge is 0.475 e. The van der Waals surface area contributed by atoms with Gasteiger partial charge in [-0.3, -0.25) is 23.3 Å². The van der Waals surface area contributed by atoms with Gasteiger partial charge in [0.05, 0.1) is 37.8 Å². The summed E-state index contributed by atoms with van der Waals surface area (Å²) in [6.07, 6.45) is 1.32. The third-order valence-electron chi connectivity index (χ3n) is 8.40. The van der Waals surface area contributed by atoms with Gasteiger partial charge >= 0.3 is 7.82 Å². The van der Waals surface area contributed by atoms with Gasteiger partial charge in [0, 0.05) is 17.4 Å². The summed E-state index contributed by atoms with van der Waals surface area (Å²) in [6.45, 7) is 15.1. The lowest BCUT2D eigenvalue weighted by molar-refractivity contribution is 0.0174. The Labute approximate surface area is 249 Å². The molecule has 2 fully saturated rings. The number of aromatic amines is 1. The molecule has 42 heavy (non-hydrogen) atoms. The van der Waals surface area contributed by atoms with Crippen molar-refractivity contribution in [1.29, 1.82) is 0 Å². The molecule has 15 heteroatoms. The van der Waals surface area contributed by atoms with Gasteiger partial charge in [0.25, 0.3) is 5.56 Å². The zero-order valence-corrected chi connectivity index (χ0v) is 26.9. The van der Waals surface area contributed by atoms with Gasteiger partial charge in [0.15, 0.2) is 19.5 Å². The highest BCUT2D eigenvalue weighted by Gasteiger charge is 2.48. The topological polar surface area (TPSA) is 144 Å². The fourth-order valence-electron chi connectivity index (χ4n) is 5.12. The number of aromatic nitrogens is 4. The van der Waals surface area contributed by atoms with Crippen LogP contribution in [-0.4, -0.2) is 47.2 Å². The Morgan fingerprint density at radius 3 is 2.76 bits per heavy atom. The van der Waals surface area contributed by atoms with E-state index in [9.17, 15) is 13.8 Å². The van der Waals surface area contributed by atoms with Crippen molar-refractivity contribution < 1.29 is 27.0 Å².